The zero-order chi connectivity index (χ0) is 28.2. The van der Waals surface area contributed by atoms with Crippen LogP contribution in [-0.2, 0) is 25.6 Å². The number of carbonyl (C=O) groups excluding carboxylic acids is 5. The smallest absolute Gasteiger partial charge is 0.235 e. The van der Waals surface area contributed by atoms with Crippen molar-refractivity contribution in [1.29, 1.82) is 0 Å². The van der Waals surface area contributed by atoms with E-state index in [0.29, 0.717) is 22.6 Å². The van der Waals surface area contributed by atoms with Crippen LogP contribution in [0.5, 0.6) is 17.2 Å². The molecule has 39 heavy (non-hydrogen) atoms. The summed E-state index contributed by atoms with van der Waals surface area (Å²) in [5.41, 5.74) is 4.45. The summed E-state index contributed by atoms with van der Waals surface area (Å²) in [6.45, 7) is 0. The molecule has 2 unspecified atom stereocenters. The maximum absolute atomic E-state index is 13.6. The zero-order valence-corrected chi connectivity index (χ0v) is 21.3. The van der Waals surface area contributed by atoms with E-state index in [2.05, 4.69) is 0 Å². The number of methoxy groups -OCH3 is 2. The number of primary amides is 1. The molecule has 0 saturated heterocycles. The van der Waals surface area contributed by atoms with Crippen molar-refractivity contribution in [1.82, 2.24) is 0 Å². The summed E-state index contributed by atoms with van der Waals surface area (Å²) in [6.07, 6.45) is 3.44. The molecule has 1 amide bonds. The molecule has 2 saturated carbocycles. The number of fused-ring (bicyclic) bond motifs is 3. The number of amides is 1. The second kappa shape index (κ2) is 9.46. The predicted octanol–water partition coefficient (Wildman–Crippen LogP) is 1.51. The number of nitrogens with two attached hydrogens (primary N) is 1. The molecule has 5 rings (SSSR count). The Kier molecular flexibility index (Phi) is 6.38. The molecule has 2 aromatic carbocycles. The summed E-state index contributed by atoms with van der Waals surface area (Å²) in [4.78, 5) is 64.5. The second-order valence-corrected chi connectivity index (χ2v) is 10.2. The topological polar surface area (TPSA) is 170 Å². The first-order chi connectivity index (χ1) is 18.5. The van der Waals surface area contributed by atoms with Gasteiger partial charge in [-0.05, 0) is 53.6 Å². The van der Waals surface area contributed by atoms with Gasteiger partial charge in [0.25, 0.3) is 0 Å². The molecule has 0 radical (unpaired) electrons. The Hall–Kier alpha value is -4.31. The van der Waals surface area contributed by atoms with E-state index in [0.717, 1.165) is 5.56 Å². The zero-order valence-electron chi connectivity index (χ0n) is 21.3. The molecule has 3 aliphatic carbocycles. The fraction of sp³-hybridized carbons (Fsp3) is 0.345. The van der Waals surface area contributed by atoms with Gasteiger partial charge >= 0.3 is 0 Å². The summed E-state index contributed by atoms with van der Waals surface area (Å²) in [6, 6.07) is 8.36. The van der Waals surface area contributed by atoms with Crippen molar-refractivity contribution in [2.24, 2.45) is 29.4 Å². The first-order valence-electron chi connectivity index (χ1n) is 12.4. The predicted molar refractivity (Wildman–Crippen MR) is 137 cm³/mol. The van der Waals surface area contributed by atoms with Gasteiger partial charge in [-0.15, -0.1) is 0 Å². The molecule has 0 aliphatic heterocycles. The van der Waals surface area contributed by atoms with Gasteiger partial charge in [-0.2, -0.15) is 0 Å². The van der Waals surface area contributed by atoms with Crippen LogP contribution < -0.4 is 15.2 Å². The number of ketones is 4. The monoisotopic (exact) mass is 533 g/mol. The van der Waals surface area contributed by atoms with Crippen molar-refractivity contribution in [3.63, 3.8) is 0 Å². The van der Waals surface area contributed by atoms with Crippen LogP contribution in [0.25, 0.3) is 12.2 Å². The molecule has 10 nitrogen and oxygen atoms in total. The molecule has 0 spiro atoms. The lowest BCUT2D eigenvalue weighted by molar-refractivity contribution is -0.175. The Labute approximate surface area is 223 Å². The lowest BCUT2D eigenvalue weighted by Crippen LogP contribution is -2.68. The van der Waals surface area contributed by atoms with E-state index in [-0.39, 0.29) is 30.6 Å². The highest BCUT2D eigenvalue weighted by atomic mass is 16.5. The van der Waals surface area contributed by atoms with Crippen molar-refractivity contribution in [3.05, 3.63) is 52.6 Å². The van der Waals surface area contributed by atoms with Crippen LogP contribution in [0.15, 0.2) is 30.3 Å². The standard InChI is InChI=1S/C29H27NO9/c1-38-20-8-4-13(9-21(20)39-2)3-5-14-6-7-18(31)23-17(14)11-15-10-16-12-19(32)24(28(30)36)27(35)29(16,37)26(34)22(15)25(23)33/h3-9,15-16,22,24,31,37H,10-12H2,1-2H3,(H2,30,36)/t15-,16+,22?,24?,29+/m1/s1. The van der Waals surface area contributed by atoms with Gasteiger partial charge in [-0.3, -0.25) is 24.0 Å². The van der Waals surface area contributed by atoms with Gasteiger partial charge in [-0.25, -0.2) is 0 Å². The molecule has 10 heteroatoms. The SMILES string of the molecule is COc1ccc(C=Cc2ccc(O)c3c2C[C@H]2C[C@H]4CC(=O)C(C(N)=O)C(=O)[C@@]4(O)C(=O)C2C3=O)cc1OC. The van der Waals surface area contributed by atoms with E-state index in [9.17, 15) is 34.2 Å². The second-order valence-electron chi connectivity index (χ2n) is 10.2. The van der Waals surface area contributed by atoms with Gasteiger partial charge in [-0.1, -0.05) is 24.3 Å². The molecule has 2 aromatic rings. The Morgan fingerprint density at radius 2 is 1.72 bits per heavy atom. The van der Waals surface area contributed by atoms with Crippen molar-refractivity contribution in [3.8, 4) is 17.2 Å². The Morgan fingerprint density at radius 3 is 2.38 bits per heavy atom. The lowest BCUT2D eigenvalue weighted by atomic mass is 9.53. The fourth-order valence-corrected chi connectivity index (χ4v) is 6.29. The third-order valence-electron chi connectivity index (χ3n) is 8.18. The number of phenols is 1. The minimum Gasteiger partial charge on any atom is -0.507 e. The average molecular weight is 534 g/mol. The maximum Gasteiger partial charge on any atom is 0.235 e. The van der Waals surface area contributed by atoms with Gasteiger partial charge in [0.15, 0.2) is 46.2 Å². The molecule has 0 aromatic heterocycles. The minimum absolute atomic E-state index is 0.0372. The fourth-order valence-electron chi connectivity index (χ4n) is 6.29. The van der Waals surface area contributed by atoms with E-state index in [1.165, 1.54) is 20.3 Å². The number of aliphatic hydroxyl groups is 1. The highest BCUT2D eigenvalue weighted by Gasteiger charge is 2.66. The van der Waals surface area contributed by atoms with Gasteiger partial charge in [0, 0.05) is 12.3 Å². The molecule has 202 valence electrons. The van der Waals surface area contributed by atoms with Crippen LogP contribution >= 0.6 is 0 Å². The van der Waals surface area contributed by atoms with Crippen LogP contribution in [0, 0.1) is 23.7 Å². The minimum atomic E-state index is -2.66. The van der Waals surface area contributed by atoms with Crippen LogP contribution in [0.4, 0.5) is 0 Å². The lowest BCUT2D eigenvalue weighted by Gasteiger charge is -2.48. The summed E-state index contributed by atoms with van der Waals surface area (Å²) in [5.74, 6) is -9.24. The Bertz CT molecular complexity index is 1480. The molecule has 0 bridgehead atoms. The largest absolute Gasteiger partial charge is 0.507 e. The highest BCUT2D eigenvalue weighted by Crippen LogP contribution is 2.50. The first-order valence-corrected chi connectivity index (χ1v) is 12.4. The molecule has 4 N–H and O–H groups in total. The first kappa shape index (κ1) is 26.3. The van der Waals surface area contributed by atoms with Gasteiger partial charge < -0.3 is 25.4 Å². The van der Waals surface area contributed by atoms with Crippen LogP contribution in [0.3, 0.4) is 0 Å². The van der Waals surface area contributed by atoms with E-state index in [1.807, 2.05) is 6.07 Å². The summed E-state index contributed by atoms with van der Waals surface area (Å²) in [5, 5.41) is 21.9. The highest BCUT2D eigenvalue weighted by molar-refractivity contribution is 6.31. The van der Waals surface area contributed by atoms with Crippen molar-refractivity contribution >= 4 is 41.2 Å². The number of hydrogen-bond acceptors (Lipinski definition) is 9. The summed E-state index contributed by atoms with van der Waals surface area (Å²) in [7, 11) is 3.06. The Morgan fingerprint density at radius 1 is 1.00 bits per heavy atom. The average Bonchev–Trinajstić information content (AvgIpc) is 2.89. The number of phenolic OH excluding ortho intramolecular Hbond substituents is 1. The van der Waals surface area contributed by atoms with E-state index in [4.69, 9.17) is 15.2 Å². The summed E-state index contributed by atoms with van der Waals surface area (Å²) >= 11 is 0. The van der Waals surface area contributed by atoms with Crippen LogP contribution in [0.1, 0.15) is 39.9 Å². The molecular weight excluding hydrogens is 506 g/mol. The molecule has 0 heterocycles. The molecular formula is C29H27NO9. The quantitative estimate of drug-likeness (QED) is 0.381. The third-order valence-corrected chi connectivity index (χ3v) is 8.18. The van der Waals surface area contributed by atoms with E-state index in [1.54, 1.807) is 30.4 Å². The third kappa shape index (κ3) is 3.94. The number of Topliss-reactive ketones (excluding diaryl/α,β-unsaturated/α-hetero) is 4. The van der Waals surface area contributed by atoms with Crippen molar-refractivity contribution in [2.45, 2.75) is 24.9 Å². The number of ether oxygens (including phenoxy) is 2. The van der Waals surface area contributed by atoms with Gasteiger partial charge in [0.05, 0.1) is 25.7 Å². The molecule has 3 aliphatic rings. The molecule has 2 fully saturated rings. The molecule has 5 atom stereocenters. The summed E-state index contributed by atoms with van der Waals surface area (Å²) < 4.78 is 10.6. The number of rotatable bonds is 5. The maximum atomic E-state index is 13.6. The number of hydrogen-bond donors (Lipinski definition) is 3. The van der Waals surface area contributed by atoms with E-state index >= 15 is 0 Å². The van der Waals surface area contributed by atoms with Crippen LogP contribution in [0.2, 0.25) is 0 Å². The van der Waals surface area contributed by atoms with E-state index < -0.39 is 58.3 Å². The number of benzene rings is 2. The van der Waals surface area contributed by atoms with Crippen molar-refractivity contribution < 1.29 is 43.7 Å². The number of aromatic hydroxyl groups is 1. The van der Waals surface area contributed by atoms with Gasteiger partial charge in [0.1, 0.15) is 5.75 Å². The van der Waals surface area contributed by atoms with Crippen LogP contribution in [-0.4, -0.2) is 59.1 Å². The normalized spacial score (nSPS) is 28.1. The Balaban J connectivity index is 1.52. The number of carbonyl (C=O) groups is 5. The van der Waals surface area contributed by atoms with Gasteiger partial charge in [0.2, 0.25) is 5.91 Å². The van der Waals surface area contributed by atoms with Crippen molar-refractivity contribution in [2.75, 3.05) is 14.2 Å².